The molecule has 464 valence electrons. The summed E-state index contributed by atoms with van der Waals surface area (Å²) in [7, 11) is 0. The Kier molecular flexibility index (Phi) is 23.3. The molecule has 13 atom stereocenters. The van der Waals surface area contributed by atoms with Crippen molar-refractivity contribution in [1.29, 1.82) is 0 Å². The number of alkyl halides is 1. The molecule has 11 rings (SSSR count). The maximum absolute atomic E-state index is 16.2. The lowest BCUT2D eigenvalue weighted by atomic mass is 9.95. The molecular weight excluding hydrogens is 1130 g/mol. The van der Waals surface area contributed by atoms with E-state index in [4.69, 9.17) is 56.8 Å². The minimum atomic E-state index is -1.32. The van der Waals surface area contributed by atoms with Crippen LogP contribution in [0.2, 0.25) is 0 Å². The maximum atomic E-state index is 16.2. The lowest BCUT2D eigenvalue weighted by Crippen LogP contribution is -2.66. The number of ether oxygens (including phenoxy) is 12. The second kappa shape index (κ2) is 32.8. The first-order chi connectivity index (χ1) is 43.9. The zero-order valence-electron chi connectivity index (χ0n) is 50.0. The monoisotopic (exact) mass is 1210 g/mol. The molecule has 3 heterocycles. The number of nitrogens with zero attached hydrogens (tertiary/aromatic N) is 1. The first kappa shape index (κ1) is 63.1. The van der Waals surface area contributed by atoms with E-state index >= 15 is 4.39 Å². The summed E-state index contributed by atoms with van der Waals surface area (Å²) in [4.78, 5) is 15.6. The molecule has 0 unspecified atom stereocenters. The van der Waals surface area contributed by atoms with Gasteiger partial charge in [0.15, 0.2) is 12.6 Å². The topological polar surface area (TPSA) is 131 Å². The summed E-state index contributed by atoms with van der Waals surface area (Å²) in [6.07, 6.45) is -12.3. The Bertz CT molecular complexity index is 3280. The number of likely N-dealkylation sites (tertiary alicyclic amines) is 1. The summed E-state index contributed by atoms with van der Waals surface area (Å²) in [6.45, 7) is 2.10. The first-order valence-corrected chi connectivity index (χ1v) is 30.6. The highest BCUT2D eigenvalue weighted by Gasteiger charge is 2.56. The van der Waals surface area contributed by atoms with Crippen LogP contribution < -0.4 is 0 Å². The molecule has 3 saturated heterocycles. The van der Waals surface area contributed by atoms with E-state index in [0.717, 1.165) is 44.5 Å². The number of halogens is 1. The highest BCUT2D eigenvalue weighted by molar-refractivity contribution is 5.69. The number of carbonyl (C=O) groups is 1. The van der Waals surface area contributed by atoms with Gasteiger partial charge in [0.2, 0.25) is 0 Å². The highest BCUT2D eigenvalue weighted by atomic mass is 19.1. The molecule has 0 N–H and O–H groups in total. The molecule has 1 amide bonds. The van der Waals surface area contributed by atoms with Gasteiger partial charge in [0.25, 0.3) is 0 Å². The second-order valence-electron chi connectivity index (χ2n) is 22.5. The largest absolute Gasteiger partial charge is 0.445 e. The van der Waals surface area contributed by atoms with E-state index in [0.29, 0.717) is 0 Å². The zero-order chi connectivity index (χ0) is 60.8. The fourth-order valence-corrected chi connectivity index (χ4v) is 11.5. The summed E-state index contributed by atoms with van der Waals surface area (Å²) in [6, 6.07) is 77.1. The molecule has 0 saturated carbocycles. The standard InChI is InChI=1S/C74H78FNO13/c1-53-65(80-46-56-30-14-4-15-31-56)68(81-47-57-32-16-5-17-33-57)70(83-49-59-36-20-7-21-37-59)72(86-53)89-67-64(52-78-44-54-26-10-2-11-27-54)87-73(71(84-50-60-38-22-8-23-39-60)69(67)82-48-58-34-18-6-19-35-58)88-66-62(42-75)76(74(77)85-51-61-40-24-9-25-41-61)43-63(66)79-45-55-28-12-3-13-29-55/h2-41,53,62-73H,42-52H2,1H3/t53-,62+,63+,64-,65-,66-,67-,68+,69+,70-,71-,72+,73-/m1/s1. The van der Waals surface area contributed by atoms with Crippen LogP contribution in [0.25, 0.3) is 0 Å². The molecule has 0 aromatic heterocycles. The molecule has 14 nitrogen and oxygen atoms in total. The molecule has 3 aliphatic heterocycles. The van der Waals surface area contributed by atoms with Crippen LogP contribution in [-0.4, -0.2) is 110 Å². The van der Waals surface area contributed by atoms with Crippen LogP contribution in [-0.2, 0) is 110 Å². The molecule has 89 heavy (non-hydrogen) atoms. The fourth-order valence-electron chi connectivity index (χ4n) is 11.5. The van der Waals surface area contributed by atoms with Crippen LogP contribution in [0.3, 0.4) is 0 Å². The molecular formula is C74H78FNO13. The number of rotatable bonds is 29. The third-order valence-electron chi connectivity index (χ3n) is 16.1. The molecule has 0 radical (unpaired) electrons. The summed E-state index contributed by atoms with van der Waals surface area (Å²) < 4.78 is 100. The first-order valence-electron chi connectivity index (χ1n) is 30.6. The molecule has 8 aromatic carbocycles. The average molecular weight is 1210 g/mol. The van der Waals surface area contributed by atoms with Crippen LogP contribution in [0.15, 0.2) is 243 Å². The Morgan fingerprint density at radius 3 is 1.12 bits per heavy atom. The van der Waals surface area contributed by atoms with Crippen molar-refractivity contribution >= 4 is 6.09 Å². The quantitative estimate of drug-likeness (QED) is 0.0441. The van der Waals surface area contributed by atoms with Crippen molar-refractivity contribution < 1.29 is 66.0 Å². The molecule has 8 aromatic rings. The van der Waals surface area contributed by atoms with Crippen LogP contribution in [0.1, 0.15) is 51.4 Å². The van der Waals surface area contributed by atoms with Gasteiger partial charge in [-0.25, -0.2) is 9.18 Å². The SMILES string of the molecule is C[C@H]1O[C@@H](O[C@H]2[C@H](OCc3ccccc3)[C@@H](OCc3ccccc3)[C@@H](O[C@H]3[C@@H](OCc4ccccc4)CN(C(=O)OCc4ccccc4)[C@H]3CF)O[C@@H]2COCc2ccccc2)[C@H](OCc2ccccc2)[C@@H](OCc2ccccc2)[C@@H]1OCc1ccccc1. The van der Waals surface area contributed by atoms with Gasteiger partial charge in [0.1, 0.15) is 68.2 Å². The number of hydrogen-bond acceptors (Lipinski definition) is 13. The maximum Gasteiger partial charge on any atom is 0.410 e. The molecule has 0 bridgehead atoms. The van der Waals surface area contributed by atoms with Crippen LogP contribution in [0.5, 0.6) is 0 Å². The van der Waals surface area contributed by atoms with Crippen molar-refractivity contribution in [1.82, 2.24) is 4.90 Å². The van der Waals surface area contributed by atoms with Gasteiger partial charge in [-0.3, -0.25) is 4.90 Å². The number of carbonyl (C=O) groups excluding carboxylic acids is 1. The molecule has 0 aliphatic carbocycles. The van der Waals surface area contributed by atoms with Gasteiger partial charge in [-0.1, -0.05) is 243 Å². The van der Waals surface area contributed by atoms with Gasteiger partial charge < -0.3 is 56.8 Å². The highest BCUT2D eigenvalue weighted by Crippen LogP contribution is 2.39. The second-order valence-corrected chi connectivity index (χ2v) is 22.5. The Morgan fingerprint density at radius 1 is 0.393 bits per heavy atom. The summed E-state index contributed by atoms with van der Waals surface area (Å²) in [5.74, 6) is 0. The van der Waals surface area contributed by atoms with E-state index < -0.39 is 92.4 Å². The molecule has 0 spiro atoms. The van der Waals surface area contributed by atoms with E-state index in [-0.39, 0.29) is 66.0 Å². The third-order valence-corrected chi connectivity index (χ3v) is 16.1. The van der Waals surface area contributed by atoms with Crippen molar-refractivity contribution in [2.45, 2.75) is 139 Å². The van der Waals surface area contributed by atoms with Crippen molar-refractivity contribution in [3.8, 4) is 0 Å². The molecule has 15 heteroatoms. The summed E-state index contributed by atoms with van der Waals surface area (Å²) in [5.41, 5.74) is 7.19. The van der Waals surface area contributed by atoms with Gasteiger partial charge in [-0.2, -0.15) is 0 Å². The van der Waals surface area contributed by atoms with Crippen molar-refractivity contribution in [3.63, 3.8) is 0 Å². The minimum Gasteiger partial charge on any atom is -0.445 e. The van der Waals surface area contributed by atoms with E-state index in [1.165, 1.54) is 4.90 Å². The number of amides is 1. The van der Waals surface area contributed by atoms with E-state index in [9.17, 15) is 4.79 Å². The lowest BCUT2D eigenvalue weighted by Gasteiger charge is -2.50. The van der Waals surface area contributed by atoms with Gasteiger partial charge in [-0.15, -0.1) is 0 Å². The number of benzene rings is 8. The Labute approximate surface area is 521 Å². The summed E-state index contributed by atoms with van der Waals surface area (Å²) >= 11 is 0. The van der Waals surface area contributed by atoms with Gasteiger partial charge in [-0.05, 0) is 51.4 Å². The van der Waals surface area contributed by atoms with Crippen molar-refractivity contribution in [2.24, 2.45) is 0 Å². The smallest absolute Gasteiger partial charge is 0.410 e. The van der Waals surface area contributed by atoms with E-state index in [1.54, 1.807) is 0 Å². The van der Waals surface area contributed by atoms with Gasteiger partial charge in [0, 0.05) is 0 Å². The van der Waals surface area contributed by atoms with Crippen molar-refractivity contribution in [3.05, 3.63) is 287 Å². The normalized spacial score (nSPS) is 25.1. The van der Waals surface area contributed by atoms with E-state index in [2.05, 4.69) is 0 Å². The Morgan fingerprint density at radius 2 is 0.719 bits per heavy atom. The van der Waals surface area contributed by atoms with Crippen LogP contribution in [0, 0.1) is 0 Å². The average Bonchev–Trinajstić information content (AvgIpc) is 2.10. The van der Waals surface area contributed by atoms with Gasteiger partial charge in [0.05, 0.1) is 71.5 Å². The Hall–Kier alpha value is -7.48. The summed E-state index contributed by atoms with van der Waals surface area (Å²) in [5, 5.41) is 0. The van der Waals surface area contributed by atoms with Crippen LogP contribution in [0.4, 0.5) is 9.18 Å². The van der Waals surface area contributed by atoms with Crippen molar-refractivity contribution in [2.75, 3.05) is 19.8 Å². The number of hydrogen-bond donors (Lipinski definition) is 0. The van der Waals surface area contributed by atoms with Crippen LogP contribution >= 0.6 is 0 Å². The Balaban J connectivity index is 0.983. The lowest BCUT2D eigenvalue weighted by molar-refractivity contribution is -0.379. The predicted molar refractivity (Wildman–Crippen MR) is 332 cm³/mol. The zero-order valence-corrected chi connectivity index (χ0v) is 50.0. The fraction of sp³-hybridized carbons (Fsp3) is 0.338. The minimum absolute atomic E-state index is 0.0211. The van der Waals surface area contributed by atoms with Gasteiger partial charge >= 0.3 is 6.09 Å². The predicted octanol–water partition coefficient (Wildman–Crippen LogP) is 12.9. The third kappa shape index (κ3) is 17.7. The van der Waals surface area contributed by atoms with E-state index in [1.807, 2.05) is 250 Å². The molecule has 3 aliphatic rings. The molecule has 3 fully saturated rings.